The molecular weight excluding hydrogens is 262 g/mol. The second kappa shape index (κ2) is 8.95. The quantitative estimate of drug-likeness (QED) is 0.578. The fraction of sp³-hybridized carbons (Fsp3) is 0.733. The first-order valence-corrected chi connectivity index (χ1v) is 8.32. The van der Waals surface area contributed by atoms with Crippen LogP contribution in [0.15, 0.2) is 11.4 Å². The Hall–Kier alpha value is -0.0500. The van der Waals surface area contributed by atoms with Crippen molar-refractivity contribution in [3.05, 3.63) is 21.3 Å². The van der Waals surface area contributed by atoms with E-state index in [2.05, 4.69) is 37.5 Å². The van der Waals surface area contributed by atoms with Crippen molar-refractivity contribution in [2.24, 2.45) is 5.92 Å². The monoisotopic (exact) mass is 287 g/mol. The van der Waals surface area contributed by atoms with E-state index in [9.17, 15) is 0 Å². The minimum Gasteiger partial charge on any atom is -0.310 e. The number of unbranched alkanes of at least 4 members (excludes halogenated alkanes) is 3. The van der Waals surface area contributed by atoms with Gasteiger partial charge in [0.2, 0.25) is 0 Å². The molecule has 104 valence electrons. The van der Waals surface area contributed by atoms with Crippen molar-refractivity contribution in [3.8, 4) is 0 Å². The van der Waals surface area contributed by atoms with Crippen LogP contribution in [-0.4, -0.2) is 6.54 Å². The minimum absolute atomic E-state index is 0.421. The Balaban J connectivity index is 2.01. The van der Waals surface area contributed by atoms with Crippen LogP contribution < -0.4 is 5.32 Å². The van der Waals surface area contributed by atoms with Crippen LogP contribution in [-0.2, 0) is 0 Å². The van der Waals surface area contributed by atoms with Gasteiger partial charge in [-0.05, 0) is 42.8 Å². The van der Waals surface area contributed by atoms with E-state index in [0.29, 0.717) is 6.04 Å². The zero-order chi connectivity index (χ0) is 13.4. The first-order chi connectivity index (χ1) is 8.59. The Morgan fingerprint density at radius 2 is 1.89 bits per heavy atom. The third-order valence-electron chi connectivity index (χ3n) is 3.25. The van der Waals surface area contributed by atoms with Crippen molar-refractivity contribution in [1.29, 1.82) is 0 Å². The first kappa shape index (κ1) is 16.0. The zero-order valence-electron chi connectivity index (χ0n) is 11.8. The maximum Gasteiger partial charge on any atom is 0.0931 e. The summed E-state index contributed by atoms with van der Waals surface area (Å²) in [5.41, 5.74) is 1.31. The van der Waals surface area contributed by atoms with E-state index in [0.717, 1.165) is 16.8 Å². The average Bonchev–Trinajstić information content (AvgIpc) is 2.74. The Bertz CT molecular complexity index is 322. The molecule has 0 spiro atoms. The van der Waals surface area contributed by atoms with Crippen LogP contribution in [0.5, 0.6) is 0 Å². The number of hydrogen-bond donors (Lipinski definition) is 1. The summed E-state index contributed by atoms with van der Waals surface area (Å²) in [6.07, 6.45) is 6.75. The van der Waals surface area contributed by atoms with Gasteiger partial charge in [-0.2, -0.15) is 0 Å². The molecule has 0 fully saturated rings. The number of thiophene rings is 1. The predicted octanol–water partition coefficient (Wildman–Crippen LogP) is 5.66. The van der Waals surface area contributed by atoms with Crippen LogP contribution in [0, 0.1) is 5.92 Å². The number of nitrogens with one attached hydrogen (secondary N) is 1. The van der Waals surface area contributed by atoms with Gasteiger partial charge in [0.15, 0.2) is 0 Å². The van der Waals surface area contributed by atoms with E-state index in [-0.39, 0.29) is 0 Å². The maximum atomic E-state index is 5.94. The van der Waals surface area contributed by atoms with Crippen LogP contribution in [0.2, 0.25) is 4.34 Å². The summed E-state index contributed by atoms with van der Waals surface area (Å²) in [7, 11) is 0. The molecule has 1 unspecified atom stereocenters. The molecule has 18 heavy (non-hydrogen) atoms. The highest BCUT2D eigenvalue weighted by Gasteiger charge is 2.06. The largest absolute Gasteiger partial charge is 0.310 e. The standard InChI is InChI=1S/C15H26ClNS/c1-12(2)8-6-4-5-7-9-17-13(3)14-10-15(16)18-11-14/h10-13,17H,4-9H2,1-3H3. The Morgan fingerprint density at radius 3 is 2.50 bits per heavy atom. The molecule has 1 N–H and O–H groups in total. The lowest BCUT2D eigenvalue weighted by atomic mass is 10.0. The summed E-state index contributed by atoms with van der Waals surface area (Å²) in [6.45, 7) is 7.91. The smallest absolute Gasteiger partial charge is 0.0931 e. The average molecular weight is 288 g/mol. The molecule has 1 aromatic heterocycles. The van der Waals surface area contributed by atoms with Crippen LogP contribution in [0.4, 0.5) is 0 Å². The third-order valence-corrected chi connectivity index (χ3v) is 4.36. The number of halogens is 1. The van der Waals surface area contributed by atoms with Gasteiger partial charge in [0.05, 0.1) is 4.34 Å². The molecular formula is C15H26ClNS. The van der Waals surface area contributed by atoms with Gasteiger partial charge in [0, 0.05) is 6.04 Å². The van der Waals surface area contributed by atoms with Crippen molar-refractivity contribution in [1.82, 2.24) is 5.32 Å². The van der Waals surface area contributed by atoms with Crippen LogP contribution >= 0.6 is 22.9 Å². The molecule has 1 rings (SSSR count). The van der Waals surface area contributed by atoms with E-state index in [1.54, 1.807) is 11.3 Å². The Labute approximate surface area is 121 Å². The van der Waals surface area contributed by atoms with E-state index in [4.69, 9.17) is 11.6 Å². The van der Waals surface area contributed by atoms with Crippen LogP contribution in [0.3, 0.4) is 0 Å². The fourth-order valence-corrected chi connectivity index (χ4v) is 3.00. The summed E-state index contributed by atoms with van der Waals surface area (Å²) < 4.78 is 0.882. The second-order valence-corrected chi connectivity index (χ2v) is 7.00. The van der Waals surface area contributed by atoms with Gasteiger partial charge in [-0.3, -0.25) is 0 Å². The molecule has 1 heterocycles. The summed E-state index contributed by atoms with van der Waals surface area (Å²) in [5, 5.41) is 5.70. The van der Waals surface area contributed by atoms with Gasteiger partial charge >= 0.3 is 0 Å². The molecule has 0 aromatic carbocycles. The van der Waals surface area contributed by atoms with Crippen molar-refractivity contribution >= 4 is 22.9 Å². The maximum absolute atomic E-state index is 5.94. The van der Waals surface area contributed by atoms with Gasteiger partial charge in [0.1, 0.15) is 0 Å². The second-order valence-electron chi connectivity index (χ2n) is 5.46. The minimum atomic E-state index is 0.421. The molecule has 0 aliphatic carbocycles. The number of rotatable bonds is 9. The zero-order valence-corrected chi connectivity index (χ0v) is 13.4. The van der Waals surface area contributed by atoms with Crippen LogP contribution in [0.1, 0.15) is 64.5 Å². The number of hydrogen-bond acceptors (Lipinski definition) is 2. The summed E-state index contributed by atoms with van der Waals surface area (Å²) in [5.74, 6) is 0.853. The Morgan fingerprint density at radius 1 is 1.17 bits per heavy atom. The highest BCUT2D eigenvalue weighted by Crippen LogP contribution is 2.24. The molecule has 0 aliphatic rings. The van der Waals surface area contributed by atoms with E-state index < -0.39 is 0 Å². The summed E-state index contributed by atoms with van der Waals surface area (Å²) >= 11 is 7.55. The van der Waals surface area contributed by atoms with E-state index in [1.807, 2.05) is 0 Å². The molecule has 1 atom stereocenters. The molecule has 0 saturated heterocycles. The SMILES string of the molecule is CC(C)CCCCCCNC(C)c1csc(Cl)c1. The predicted molar refractivity (Wildman–Crippen MR) is 83.7 cm³/mol. The normalized spacial score (nSPS) is 13.2. The van der Waals surface area contributed by atoms with E-state index in [1.165, 1.54) is 37.7 Å². The highest BCUT2D eigenvalue weighted by molar-refractivity contribution is 7.14. The van der Waals surface area contributed by atoms with E-state index >= 15 is 0 Å². The lowest BCUT2D eigenvalue weighted by Crippen LogP contribution is -2.19. The molecule has 1 aromatic rings. The molecule has 0 amide bonds. The summed E-state index contributed by atoms with van der Waals surface area (Å²) in [6, 6.07) is 2.48. The highest BCUT2D eigenvalue weighted by atomic mass is 35.5. The van der Waals surface area contributed by atoms with Crippen LogP contribution in [0.25, 0.3) is 0 Å². The lowest BCUT2D eigenvalue weighted by molar-refractivity contribution is 0.499. The summed E-state index contributed by atoms with van der Waals surface area (Å²) in [4.78, 5) is 0. The van der Waals surface area contributed by atoms with Crippen molar-refractivity contribution in [2.75, 3.05) is 6.54 Å². The first-order valence-electron chi connectivity index (χ1n) is 7.07. The molecule has 0 aliphatic heterocycles. The molecule has 3 heteroatoms. The molecule has 1 nitrogen and oxygen atoms in total. The topological polar surface area (TPSA) is 12.0 Å². The molecule has 0 radical (unpaired) electrons. The molecule has 0 saturated carbocycles. The van der Waals surface area contributed by atoms with Gasteiger partial charge in [-0.1, -0.05) is 51.1 Å². The lowest BCUT2D eigenvalue weighted by Gasteiger charge is -2.12. The van der Waals surface area contributed by atoms with Crippen molar-refractivity contribution in [3.63, 3.8) is 0 Å². The fourth-order valence-electron chi connectivity index (χ4n) is 2.02. The Kier molecular flexibility index (Phi) is 7.96. The third kappa shape index (κ3) is 6.77. The van der Waals surface area contributed by atoms with Gasteiger partial charge in [0.25, 0.3) is 0 Å². The van der Waals surface area contributed by atoms with Gasteiger partial charge < -0.3 is 5.32 Å². The van der Waals surface area contributed by atoms with Crippen molar-refractivity contribution < 1.29 is 0 Å². The van der Waals surface area contributed by atoms with Gasteiger partial charge in [-0.25, -0.2) is 0 Å². The van der Waals surface area contributed by atoms with Gasteiger partial charge in [-0.15, -0.1) is 11.3 Å². The molecule has 0 bridgehead atoms. The van der Waals surface area contributed by atoms with Crippen molar-refractivity contribution in [2.45, 2.75) is 58.9 Å².